The Bertz CT molecular complexity index is 685. The Balaban J connectivity index is 1.72. The van der Waals surface area contributed by atoms with Crippen LogP contribution < -0.4 is 5.32 Å². The quantitative estimate of drug-likeness (QED) is 0.946. The van der Waals surface area contributed by atoms with Crippen LogP contribution in [-0.4, -0.2) is 26.7 Å². The molecule has 0 saturated carbocycles. The van der Waals surface area contributed by atoms with Crippen LogP contribution in [0.15, 0.2) is 30.3 Å². The van der Waals surface area contributed by atoms with E-state index < -0.39 is 0 Å². The van der Waals surface area contributed by atoms with E-state index in [0.717, 1.165) is 37.5 Å². The molecule has 0 radical (unpaired) electrons. The molecule has 1 aliphatic heterocycles. The summed E-state index contributed by atoms with van der Waals surface area (Å²) >= 11 is 0. The van der Waals surface area contributed by atoms with E-state index in [0.29, 0.717) is 0 Å². The smallest absolute Gasteiger partial charge is 0.225 e. The number of rotatable bonds is 3. The number of nitrogens with zero attached hydrogens (tertiary/aromatic N) is 3. The predicted molar refractivity (Wildman–Crippen MR) is 89.0 cm³/mol. The fourth-order valence-electron chi connectivity index (χ4n) is 2.81. The average Bonchev–Trinajstić information content (AvgIpc) is 2.90. The van der Waals surface area contributed by atoms with Crippen LogP contribution in [0.2, 0.25) is 0 Å². The van der Waals surface area contributed by atoms with E-state index in [1.807, 2.05) is 39.0 Å². The maximum atomic E-state index is 12.2. The number of fused-ring (bicyclic) bond motifs is 1. The highest BCUT2D eigenvalue weighted by molar-refractivity contribution is 5.81. The molecule has 1 aromatic heterocycles. The summed E-state index contributed by atoms with van der Waals surface area (Å²) in [5, 5.41) is 11.8. The normalized spacial score (nSPS) is 17.6. The lowest BCUT2D eigenvalue weighted by atomic mass is 9.94. The first-order valence-corrected chi connectivity index (χ1v) is 8.19. The molecule has 0 bridgehead atoms. The Hall–Kier alpha value is -2.17. The van der Waals surface area contributed by atoms with Crippen molar-refractivity contribution in [2.75, 3.05) is 0 Å². The van der Waals surface area contributed by atoms with Gasteiger partial charge in [0.15, 0.2) is 0 Å². The highest BCUT2D eigenvalue weighted by Crippen LogP contribution is 2.19. The largest absolute Gasteiger partial charge is 0.351 e. The van der Waals surface area contributed by atoms with Gasteiger partial charge in [-0.25, -0.2) is 0 Å². The monoisotopic (exact) mass is 312 g/mol. The second-order valence-electron chi connectivity index (χ2n) is 7.26. The van der Waals surface area contributed by atoms with Gasteiger partial charge in [-0.2, -0.15) is 0 Å². The molecule has 0 saturated heterocycles. The Kier molecular flexibility index (Phi) is 4.20. The van der Waals surface area contributed by atoms with Gasteiger partial charge in [0, 0.05) is 30.8 Å². The van der Waals surface area contributed by atoms with E-state index in [1.54, 1.807) is 0 Å². The lowest BCUT2D eigenvalue weighted by molar-refractivity contribution is -0.129. The van der Waals surface area contributed by atoms with Gasteiger partial charge in [-0.3, -0.25) is 4.79 Å². The van der Waals surface area contributed by atoms with Crippen LogP contribution in [0.3, 0.4) is 0 Å². The minimum absolute atomic E-state index is 0.101. The van der Waals surface area contributed by atoms with Gasteiger partial charge < -0.3 is 9.88 Å². The number of nitrogens with one attached hydrogen (secondary N) is 1. The minimum atomic E-state index is -0.361. The van der Waals surface area contributed by atoms with Crippen LogP contribution in [0.1, 0.15) is 44.4 Å². The Morgan fingerprint density at radius 1 is 1.26 bits per heavy atom. The molecular weight excluding hydrogens is 288 g/mol. The zero-order valence-corrected chi connectivity index (χ0v) is 14.0. The predicted octanol–water partition coefficient (Wildman–Crippen LogP) is 2.35. The van der Waals surface area contributed by atoms with Crippen LogP contribution in [0.4, 0.5) is 0 Å². The van der Waals surface area contributed by atoms with Crippen molar-refractivity contribution in [2.24, 2.45) is 5.41 Å². The fraction of sp³-hybridized carbons (Fsp3) is 0.500. The molecule has 122 valence electrons. The summed E-state index contributed by atoms with van der Waals surface area (Å²) in [4.78, 5) is 12.2. The standard InChI is InChI=1S/C18H24N4O/c1-18(2,3)17(23)19-14-9-10-15-20-21-16(22(15)12-14)11-13-7-5-4-6-8-13/h4-8,14H,9-12H2,1-3H3,(H,19,23). The summed E-state index contributed by atoms with van der Waals surface area (Å²) in [6.07, 6.45) is 2.55. The summed E-state index contributed by atoms with van der Waals surface area (Å²) in [5.41, 5.74) is 0.865. The van der Waals surface area contributed by atoms with E-state index in [4.69, 9.17) is 0 Å². The van der Waals surface area contributed by atoms with Gasteiger partial charge in [-0.1, -0.05) is 51.1 Å². The van der Waals surface area contributed by atoms with Gasteiger partial charge in [-0.15, -0.1) is 10.2 Å². The maximum absolute atomic E-state index is 12.2. The minimum Gasteiger partial charge on any atom is -0.351 e. The Morgan fingerprint density at radius 3 is 2.70 bits per heavy atom. The van der Waals surface area contributed by atoms with Crippen molar-refractivity contribution in [3.8, 4) is 0 Å². The van der Waals surface area contributed by atoms with Crippen molar-refractivity contribution in [3.05, 3.63) is 47.5 Å². The van der Waals surface area contributed by atoms with Crippen molar-refractivity contribution < 1.29 is 4.79 Å². The molecule has 3 rings (SSSR count). The number of aryl methyl sites for hydroxylation is 1. The van der Waals surface area contributed by atoms with Gasteiger partial charge in [0.25, 0.3) is 0 Å². The van der Waals surface area contributed by atoms with Crippen LogP contribution in [0, 0.1) is 5.41 Å². The first kappa shape index (κ1) is 15.7. The average molecular weight is 312 g/mol. The third-order valence-corrected chi connectivity index (χ3v) is 4.24. The van der Waals surface area contributed by atoms with Crippen LogP contribution in [-0.2, 0) is 24.2 Å². The lowest BCUT2D eigenvalue weighted by Crippen LogP contribution is -2.45. The molecule has 5 nitrogen and oxygen atoms in total. The van der Waals surface area contributed by atoms with E-state index in [9.17, 15) is 4.79 Å². The molecule has 0 aliphatic carbocycles. The lowest BCUT2D eigenvalue weighted by Gasteiger charge is -2.28. The van der Waals surface area contributed by atoms with Gasteiger partial charge >= 0.3 is 0 Å². The topological polar surface area (TPSA) is 59.8 Å². The third-order valence-electron chi connectivity index (χ3n) is 4.24. The van der Waals surface area contributed by atoms with Crippen molar-refractivity contribution in [2.45, 2.75) is 52.6 Å². The molecule has 2 aromatic rings. The van der Waals surface area contributed by atoms with E-state index >= 15 is 0 Å². The summed E-state index contributed by atoms with van der Waals surface area (Å²) in [7, 11) is 0. The maximum Gasteiger partial charge on any atom is 0.225 e. The number of benzene rings is 1. The highest BCUT2D eigenvalue weighted by atomic mass is 16.2. The number of carbonyl (C=O) groups excluding carboxylic acids is 1. The van der Waals surface area contributed by atoms with Crippen molar-refractivity contribution in [1.29, 1.82) is 0 Å². The summed E-state index contributed by atoms with van der Waals surface area (Å²) < 4.78 is 2.17. The molecule has 0 spiro atoms. The number of aromatic nitrogens is 3. The summed E-state index contributed by atoms with van der Waals surface area (Å²) in [6.45, 7) is 6.58. The second-order valence-corrected chi connectivity index (χ2v) is 7.26. The van der Waals surface area contributed by atoms with Crippen molar-refractivity contribution in [3.63, 3.8) is 0 Å². The van der Waals surface area contributed by atoms with Gasteiger partial charge in [-0.05, 0) is 12.0 Å². The van der Waals surface area contributed by atoms with Crippen LogP contribution >= 0.6 is 0 Å². The Labute approximate surface area is 137 Å². The first-order chi connectivity index (χ1) is 10.9. The second kappa shape index (κ2) is 6.14. The molecule has 5 heteroatoms. The SMILES string of the molecule is CC(C)(C)C(=O)NC1CCc2nnc(Cc3ccccc3)n2C1. The molecule has 1 aliphatic rings. The first-order valence-electron chi connectivity index (χ1n) is 8.19. The fourth-order valence-corrected chi connectivity index (χ4v) is 2.81. The van der Waals surface area contributed by atoms with E-state index in [-0.39, 0.29) is 17.4 Å². The molecule has 2 heterocycles. The van der Waals surface area contributed by atoms with Crippen LogP contribution in [0.25, 0.3) is 0 Å². The molecular formula is C18H24N4O. The zero-order chi connectivity index (χ0) is 16.4. The number of hydrogen-bond acceptors (Lipinski definition) is 3. The molecule has 1 amide bonds. The molecule has 1 unspecified atom stereocenters. The van der Waals surface area contributed by atoms with Crippen molar-refractivity contribution in [1.82, 2.24) is 20.1 Å². The highest BCUT2D eigenvalue weighted by Gasteiger charge is 2.28. The number of carbonyl (C=O) groups is 1. The summed E-state index contributed by atoms with van der Waals surface area (Å²) in [5.74, 6) is 2.10. The van der Waals surface area contributed by atoms with E-state index in [2.05, 4.69) is 32.2 Å². The van der Waals surface area contributed by atoms with E-state index in [1.165, 1.54) is 5.56 Å². The zero-order valence-electron chi connectivity index (χ0n) is 14.0. The molecule has 1 atom stereocenters. The Morgan fingerprint density at radius 2 is 2.00 bits per heavy atom. The van der Waals surface area contributed by atoms with Crippen molar-refractivity contribution >= 4 is 5.91 Å². The summed E-state index contributed by atoms with van der Waals surface area (Å²) in [6, 6.07) is 10.4. The third kappa shape index (κ3) is 3.60. The van der Waals surface area contributed by atoms with Gasteiger partial charge in [0.1, 0.15) is 11.6 Å². The molecule has 1 N–H and O–H groups in total. The molecule has 0 fully saturated rings. The van der Waals surface area contributed by atoms with Gasteiger partial charge in [0.2, 0.25) is 5.91 Å². The van der Waals surface area contributed by atoms with Crippen LogP contribution in [0.5, 0.6) is 0 Å². The molecule has 23 heavy (non-hydrogen) atoms. The number of hydrogen-bond donors (Lipinski definition) is 1. The molecule has 1 aromatic carbocycles. The number of amides is 1. The van der Waals surface area contributed by atoms with Gasteiger partial charge in [0.05, 0.1) is 0 Å².